The molecule has 5 atom stereocenters. The minimum absolute atomic E-state index is 0.00480. The van der Waals surface area contributed by atoms with Crippen molar-refractivity contribution >= 4 is 22.9 Å². The standard InChI is InChI=1S/C36H54N4O3/c1-6-25-20-22-40(32(25)33(41)26-18-19-26)24-31(35(2,3)4)39-34(42)43-36(5)21-12-14-27(36)13-8-7-9-15-28-23-37-29-16-10-11-17-30(29)38-28/h10-11,16-17,23,25-27,31-32H,6-9,12-15,18-22,24H2,1-5H3,(H,39,42)/t25-,27-,31-,32+,36-/m1/s1. The van der Waals surface area contributed by atoms with Crippen molar-refractivity contribution in [3.8, 4) is 0 Å². The van der Waals surface area contributed by atoms with Crippen molar-refractivity contribution < 1.29 is 14.3 Å². The second-order valence-electron chi connectivity index (χ2n) is 14.9. The number of carbonyl (C=O) groups is 2. The average molecular weight is 591 g/mol. The number of fused-ring (bicyclic) bond motifs is 1. The number of aryl methyl sites for hydroxylation is 1. The topological polar surface area (TPSA) is 84.4 Å². The summed E-state index contributed by atoms with van der Waals surface area (Å²) in [4.78, 5) is 38.3. The van der Waals surface area contributed by atoms with Gasteiger partial charge in [-0.15, -0.1) is 0 Å². The fourth-order valence-corrected chi connectivity index (χ4v) is 7.52. The molecule has 3 aliphatic rings. The Balaban J connectivity index is 1.11. The largest absolute Gasteiger partial charge is 0.443 e. The van der Waals surface area contributed by atoms with Crippen molar-refractivity contribution in [2.24, 2.45) is 23.2 Å². The smallest absolute Gasteiger partial charge is 0.407 e. The molecule has 1 saturated heterocycles. The third-order valence-corrected chi connectivity index (χ3v) is 10.6. The van der Waals surface area contributed by atoms with Gasteiger partial charge in [-0.3, -0.25) is 14.7 Å². The monoisotopic (exact) mass is 590 g/mol. The number of hydrogen-bond acceptors (Lipinski definition) is 6. The van der Waals surface area contributed by atoms with E-state index < -0.39 is 5.60 Å². The van der Waals surface area contributed by atoms with Crippen LogP contribution in [0.25, 0.3) is 11.0 Å². The van der Waals surface area contributed by atoms with Crippen molar-refractivity contribution in [2.75, 3.05) is 13.1 Å². The number of rotatable bonds is 13. The van der Waals surface area contributed by atoms with Gasteiger partial charge in [0.25, 0.3) is 0 Å². The maximum Gasteiger partial charge on any atom is 0.407 e. The van der Waals surface area contributed by atoms with Gasteiger partial charge in [-0.05, 0) is 101 Å². The molecule has 0 unspecified atom stereocenters. The first-order valence-electron chi connectivity index (χ1n) is 17.1. The Labute approximate surface area is 258 Å². The summed E-state index contributed by atoms with van der Waals surface area (Å²) in [6, 6.07) is 7.94. The lowest BCUT2D eigenvalue weighted by atomic mass is 9.85. The van der Waals surface area contributed by atoms with E-state index in [0.717, 1.165) is 100 Å². The van der Waals surface area contributed by atoms with Crippen LogP contribution in [-0.2, 0) is 16.0 Å². The Morgan fingerprint density at radius 2 is 1.86 bits per heavy atom. The van der Waals surface area contributed by atoms with Crippen molar-refractivity contribution in [1.82, 2.24) is 20.2 Å². The number of nitrogens with zero attached hydrogens (tertiary/aromatic N) is 3. The number of para-hydroxylation sites is 2. The fraction of sp³-hybridized carbons (Fsp3) is 0.722. The number of ketones is 1. The number of aromatic nitrogens is 2. The summed E-state index contributed by atoms with van der Waals surface area (Å²) in [5.41, 5.74) is 2.38. The minimum atomic E-state index is -0.429. The van der Waals surface area contributed by atoms with Gasteiger partial charge in [0, 0.05) is 24.7 Å². The van der Waals surface area contributed by atoms with Crippen molar-refractivity contribution in [3.05, 3.63) is 36.2 Å². The van der Waals surface area contributed by atoms with E-state index >= 15 is 0 Å². The number of benzene rings is 1. The van der Waals surface area contributed by atoms with Crippen LogP contribution in [-0.4, -0.2) is 57.5 Å². The molecule has 1 N–H and O–H groups in total. The van der Waals surface area contributed by atoms with Crippen molar-refractivity contribution in [3.63, 3.8) is 0 Å². The SMILES string of the molecule is CC[C@@H]1CCN(C[C@@H](NC(=O)O[C@]2(C)CCC[C@H]2CCCCCc2cnc3ccccc3n2)C(C)(C)C)[C@@H]1C(=O)C1CC1. The Kier molecular flexibility index (Phi) is 10.1. The Morgan fingerprint density at radius 1 is 1.09 bits per heavy atom. The molecule has 2 heterocycles. The summed E-state index contributed by atoms with van der Waals surface area (Å²) in [5, 5.41) is 3.27. The number of ether oxygens (including phenoxy) is 1. The number of nitrogens with one attached hydrogen (secondary N) is 1. The lowest BCUT2D eigenvalue weighted by molar-refractivity contribution is -0.126. The number of alkyl carbamates (subject to hydrolysis) is 1. The van der Waals surface area contributed by atoms with Crippen LogP contribution in [0.1, 0.15) is 111 Å². The van der Waals surface area contributed by atoms with E-state index in [2.05, 4.69) is 49.8 Å². The van der Waals surface area contributed by atoms with Gasteiger partial charge in [-0.1, -0.05) is 59.1 Å². The van der Waals surface area contributed by atoms with Gasteiger partial charge in [0.05, 0.1) is 22.8 Å². The van der Waals surface area contributed by atoms with E-state index in [1.54, 1.807) is 0 Å². The first-order chi connectivity index (χ1) is 20.6. The summed E-state index contributed by atoms with van der Waals surface area (Å²) in [6.07, 6.45) is 14.3. The molecule has 7 nitrogen and oxygen atoms in total. The highest BCUT2D eigenvalue weighted by molar-refractivity contribution is 5.88. The molecule has 1 aromatic carbocycles. The quantitative estimate of drug-likeness (QED) is 0.243. The Hall–Kier alpha value is -2.54. The van der Waals surface area contributed by atoms with E-state index in [0.29, 0.717) is 24.2 Å². The van der Waals surface area contributed by atoms with Gasteiger partial charge in [0.15, 0.2) is 5.78 Å². The highest BCUT2D eigenvalue weighted by Gasteiger charge is 2.46. The zero-order chi connectivity index (χ0) is 30.6. The third kappa shape index (κ3) is 7.95. The zero-order valence-corrected chi connectivity index (χ0v) is 27.2. The Bertz CT molecular complexity index is 1250. The van der Waals surface area contributed by atoms with Crippen LogP contribution in [0.2, 0.25) is 0 Å². The molecule has 2 saturated carbocycles. The number of Topliss-reactive ketones (excluding diaryl/α,β-unsaturated/α-hetero) is 1. The molecule has 236 valence electrons. The van der Waals surface area contributed by atoms with Gasteiger partial charge in [-0.25, -0.2) is 9.78 Å². The molecular weight excluding hydrogens is 536 g/mol. The number of unbranched alkanes of at least 4 members (excludes halogenated alkanes) is 2. The van der Waals surface area contributed by atoms with Crippen LogP contribution in [0.3, 0.4) is 0 Å². The molecule has 0 spiro atoms. The first kappa shape index (κ1) is 31.9. The van der Waals surface area contributed by atoms with Crippen LogP contribution >= 0.6 is 0 Å². The number of likely N-dealkylation sites (tertiary alicyclic amines) is 1. The predicted octanol–water partition coefficient (Wildman–Crippen LogP) is 7.51. The van der Waals surface area contributed by atoms with Crippen LogP contribution in [0, 0.1) is 23.2 Å². The van der Waals surface area contributed by atoms with Crippen molar-refractivity contribution in [2.45, 2.75) is 129 Å². The summed E-state index contributed by atoms with van der Waals surface area (Å²) in [7, 11) is 0. The first-order valence-corrected chi connectivity index (χ1v) is 17.1. The number of hydrogen-bond donors (Lipinski definition) is 1. The van der Waals surface area contributed by atoms with Gasteiger partial charge in [0.2, 0.25) is 0 Å². The van der Waals surface area contributed by atoms with Crippen LogP contribution < -0.4 is 5.32 Å². The van der Waals surface area contributed by atoms with Gasteiger partial charge in [-0.2, -0.15) is 0 Å². The van der Waals surface area contributed by atoms with Crippen molar-refractivity contribution in [1.29, 1.82) is 0 Å². The number of amides is 1. The second kappa shape index (κ2) is 13.6. The fourth-order valence-electron chi connectivity index (χ4n) is 7.52. The van der Waals surface area contributed by atoms with Gasteiger partial charge in [0.1, 0.15) is 5.60 Å². The second-order valence-corrected chi connectivity index (χ2v) is 14.9. The molecule has 1 amide bonds. The van der Waals surface area contributed by atoms with E-state index in [1.165, 1.54) is 0 Å². The van der Waals surface area contributed by atoms with E-state index in [4.69, 9.17) is 9.72 Å². The molecule has 2 aliphatic carbocycles. The van der Waals surface area contributed by atoms with E-state index in [-0.39, 0.29) is 29.5 Å². The predicted molar refractivity (Wildman–Crippen MR) is 172 cm³/mol. The summed E-state index contributed by atoms with van der Waals surface area (Å²) >= 11 is 0. The molecule has 0 bridgehead atoms. The normalized spacial score (nSPS) is 27.0. The van der Waals surface area contributed by atoms with Crippen LogP contribution in [0.5, 0.6) is 0 Å². The highest BCUT2D eigenvalue weighted by Crippen LogP contribution is 2.42. The molecule has 7 heteroatoms. The molecule has 43 heavy (non-hydrogen) atoms. The number of carbonyl (C=O) groups excluding carboxylic acids is 2. The molecule has 2 aromatic rings. The molecular formula is C36H54N4O3. The van der Waals surface area contributed by atoms with Crippen LogP contribution in [0.4, 0.5) is 4.79 Å². The molecule has 3 fully saturated rings. The molecule has 5 rings (SSSR count). The van der Waals surface area contributed by atoms with E-state index in [9.17, 15) is 9.59 Å². The summed E-state index contributed by atoms with van der Waals surface area (Å²) in [6.45, 7) is 12.5. The lowest BCUT2D eigenvalue weighted by Gasteiger charge is -2.38. The maximum absolute atomic E-state index is 13.4. The maximum atomic E-state index is 13.4. The minimum Gasteiger partial charge on any atom is -0.443 e. The molecule has 1 aromatic heterocycles. The summed E-state index contributed by atoms with van der Waals surface area (Å²) in [5.74, 6) is 1.51. The van der Waals surface area contributed by atoms with Crippen LogP contribution in [0.15, 0.2) is 30.5 Å². The summed E-state index contributed by atoms with van der Waals surface area (Å²) < 4.78 is 6.28. The van der Waals surface area contributed by atoms with E-state index in [1.807, 2.05) is 30.5 Å². The molecule has 1 aliphatic heterocycles. The average Bonchev–Trinajstić information content (AvgIpc) is 3.65. The van der Waals surface area contributed by atoms with Gasteiger partial charge < -0.3 is 10.1 Å². The van der Waals surface area contributed by atoms with Gasteiger partial charge >= 0.3 is 6.09 Å². The highest BCUT2D eigenvalue weighted by atomic mass is 16.6. The Morgan fingerprint density at radius 3 is 2.58 bits per heavy atom. The lowest BCUT2D eigenvalue weighted by Crippen LogP contribution is -2.54. The third-order valence-electron chi connectivity index (χ3n) is 10.6. The zero-order valence-electron chi connectivity index (χ0n) is 27.2. The molecule has 0 radical (unpaired) electrons.